The Bertz CT molecular complexity index is 919. The van der Waals surface area contributed by atoms with Crippen LogP contribution in [0, 0.1) is 0 Å². The lowest BCUT2D eigenvalue weighted by molar-refractivity contribution is -0.272. The van der Waals surface area contributed by atoms with E-state index in [1.807, 2.05) is 0 Å². The maximum Gasteiger partial charge on any atom is 0.251 e. The molecule has 2 aromatic rings. The summed E-state index contributed by atoms with van der Waals surface area (Å²) in [6, 6.07) is 12.2. The van der Waals surface area contributed by atoms with Crippen LogP contribution in [0.25, 0.3) is 11.1 Å². The van der Waals surface area contributed by atoms with E-state index < -0.39 is 36.6 Å². The molecule has 5 N–H and O–H groups in total. The molecule has 9 heteroatoms. The van der Waals surface area contributed by atoms with Crippen LogP contribution >= 0.6 is 11.6 Å². The lowest BCUT2D eigenvalue weighted by Gasteiger charge is -2.46. The van der Waals surface area contributed by atoms with E-state index in [1.165, 1.54) is 6.92 Å². The average molecular weight is 452 g/mol. The van der Waals surface area contributed by atoms with Crippen LogP contribution in [0.15, 0.2) is 42.5 Å². The Hall–Kier alpha value is -2.20. The lowest BCUT2D eigenvalue weighted by Crippen LogP contribution is -2.66. The van der Waals surface area contributed by atoms with Crippen LogP contribution in [0.3, 0.4) is 0 Å². The smallest absolute Gasteiger partial charge is 0.251 e. The van der Waals surface area contributed by atoms with Gasteiger partial charge in [0, 0.05) is 12.6 Å². The first-order valence-corrected chi connectivity index (χ1v) is 10.2. The quantitative estimate of drug-likeness (QED) is 0.442. The molecule has 0 aliphatic carbocycles. The Morgan fingerprint density at radius 1 is 1.19 bits per heavy atom. The molecule has 0 saturated carbocycles. The van der Waals surface area contributed by atoms with Crippen molar-refractivity contribution in [1.29, 1.82) is 0 Å². The highest BCUT2D eigenvalue weighted by atomic mass is 35.5. The topological polar surface area (TPSA) is 128 Å². The summed E-state index contributed by atoms with van der Waals surface area (Å²) in [5.41, 5.74) is 0.370. The molecule has 1 aliphatic heterocycles. The minimum Gasteiger partial charge on any atom is -0.489 e. The van der Waals surface area contributed by atoms with E-state index in [0.717, 1.165) is 11.1 Å². The number of halogens is 1. The SMILES string of the molecule is CNC(=O)c1ccc(-c2ccc(Cl)c(OCC3OC(CO)C(O)C(O)C3(C)O)c2)cc1. The zero-order valence-corrected chi connectivity index (χ0v) is 17.9. The van der Waals surface area contributed by atoms with Gasteiger partial charge in [-0.25, -0.2) is 0 Å². The van der Waals surface area contributed by atoms with Gasteiger partial charge in [0.2, 0.25) is 0 Å². The van der Waals surface area contributed by atoms with Crippen molar-refractivity contribution in [2.75, 3.05) is 20.3 Å². The highest BCUT2D eigenvalue weighted by molar-refractivity contribution is 6.32. The standard InChI is InChI=1S/C22H26ClNO7/c1-22(29)18(31-17(10-25)19(26)20(22)27)11-30-16-9-14(7-8-15(16)23)12-3-5-13(6-4-12)21(28)24-2/h3-9,17-20,25-27,29H,10-11H2,1-2H3,(H,24,28). The summed E-state index contributed by atoms with van der Waals surface area (Å²) >= 11 is 6.26. The van der Waals surface area contributed by atoms with Crippen molar-refractivity contribution in [2.45, 2.75) is 36.9 Å². The number of benzene rings is 2. The van der Waals surface area contributed by atoms with Crippen molar-refractivity contribution in [3.8, 4) is 16.9 Å². The molecule has 31 heavy (non-hydrogen) atoms. The molecular formula is C22H26ClNO7. The second-order valence-corrected chi connectivity index (χ2v) is 8.03. The fourth-order valence-corrected chi connectivity index (χ4v) is 3.62. The lowest BCUT2D eigenvalue weighted by atomic mass is 9.84. The van der Waals surface area contributed by atoms with Gasteiger partial charge in [-0.1, -0.05) is 29.8 Å². The van der Waals surface area contributed by atoms with Gasteiger partial charge in [-0.15, -0.1) is 0 Å². The third-order valence-corrected chi connectivity index (χ3v) is 5.82. The van der Waals surface area contributed by atoms with Crippen LogP contribution in [-0.4, -0.2) is 76.6 Å². The fourth-order valence-electron chi connectivity index (χ4n) is 3.45. The van der Waals surface area contributed by atoms with E-state index in [0.29, 0.717) is 16.3 Å². The van der Waals surface area contributed by atoms with Gasteiger partial charge in [0.15, 0.2) is 0 Å². The number of hydrogen-bond donors (Lipinski definition) is 5. The second-order valence-electron chi connectivity index (χ2n) is 7.62. The van der Waals surface area contributed by atoms with Crippen LogP contribution < -0.4 is 10.1 Å². The van der Waals surface area contributed by atoms with Crippen molar-refractivity contribution in [1.82, 2.24) is 5.32 Å². The number of carbonyl (C=O) groups excluding carboxylic acids is 1. The molecule has 0 bridgehead atoms. The summed E-state index contributed by atoms with van der Waals surface area (Å²) in [5, 5.41) is 43.0. The fraction of sp³-hybridized carbons (Fsp3) is 0.409. The first kappa shape index (κ1) is 23.5. The van der Waals surface area contributed by atoms with Crippen LogP contribution in [0.5, 0.6) is 5.75 Å². The molecular weight excluding hydrogens is 426 g/mol. The van der Waals surface area contributed by atoms with Crippen molar-refractivity contribution in [3.05, 3.63) is 53.1 Å². The molecule has 5 atom stereocenters. The first-order chi connectivity index (χ1) is 14.7. The molecule has 0 radical (unpaired) electrons. The van der Waals surface area contributed by atoms with Gasteiger partial charge in [-0.2, -0.15) is 0 Å². The van der Waals surface area contributed by atoms with Gasteiger partial charge in [0.1, 0.15) is 42.4 Å². The van der Waals surface area contributed by atoms with Crippen LogP contribution in [0.4, 0.5) is 0 Å². The Morgan fingerprint density at radius 2 is 1.84 bits per heavy atom. The van der Waals surface area contributed by atoms with Gasteiger partial charge in [0.25, 0.3) is 5.91 Å². The molecule has 5 unspecified atom stereocenters. The summed E-state index contributed by atoms with van der Waals surface area (Å²) in [5.74, 6) is 0.148. The summed E-state index contributed by atoms with van der Waals surface area (Å²) in [7, 11) is 1.56. The van der Waals surface area contributed by atoms with Gasteiger partial charge >= 0.3 is 0 Å². The molecule has 1 heterocycles. The average Bonchev–Trinajstić information content (AvgIpc) is 2.77. The van der Waals surface area contributed by atoms with Crippen molar-refractivity contribution in [3.63, 3.8) is 0 Å². The predicted octanol–water partition coefficient (Wildman–Crippen LogP) is 0.978. The zero-order chi connectivity index (χ0) is 22.8. The third kappa shape index (κ3) is 4.85. The highest BCUT2D eigenvalue weighted by Crippen LogP contribution is 2.34. The minimum atomic E-state index is -1.80. The summed E-state index contributed by atoms with van der Waals surface area (Å²) in [6.45, 7) is 0.633. The minimum absolute atomic E-state index is 0.175. The normalized spacial score (nSPS) is 28.2. The number of carbonyl (C=O) groups is 1. The van der Waals surface area contributed by atoms with Crippen LogP contribution in [-0.2, 0) is 4.74 Å². The van der Waals surface area contributed by atoms with Gasteiger partial charge < -0.3 is 35.2 Å². The Labute approximate surface area is 185 Å². The largest absolute Gasteiger partial charge is 0.489 e. The van der Waals surface area contributed by atoms with E-state index in [9.17, 15) is 25.2 Å². The molecule has 1 saturated heterocycles. The number of rotatable bonds is 6. The second kappa shape index (κ2) is 9.52. The van der Waals surface area contributed by atoms with Gasteiger partial charge in [-0.3, -0.25) is 4.79 Å². The van der Waals surface area contributed by atoms with Crippen molar-refractivity contribution >= 4 is 17.5 Å². The molecule has 1 fully saturated rings. The molecule has 1 aliphatic rings. The molecule has 1 amide bonds. The maximum atomic E-state index is 11.7. The maximum absolute atomic E-state index is 11.7. The summed E-state index contributed by atoms with van der Waals surface area (Å²) in [6.07, 6.45) is -5.02. The van der Waals surface area contributed by atoms with Gasteiger partial charge in [0.05, 0.1) is 11.6 Å². The van der Waals surface area contributed by atoms with Crippen LogP contribution in [0.2, 0.25) is 5.02 Å². The molecule has 0 aromatic heterocycles. The van der Waals surface area contributed by atoms with E-state index in [4.69, 9.17) is 21.1 Å². The van der Waals surface area contributed by atoms with E-state index in [1.54, 1.807) is 49.5 Å². The number of ether oxygens (including phenoxy) is 2. The summed E-state index contributed by atoms with van der Waals surface area (Å²) < 4.78 is 11.3. The van der Waals surface area contributed by atoms with E-state index in [2.05, 4.69) is 5.32 Å². The Kier molecular flexibility index (Phi) is 7.20. The number of amides is 1. The Morgan fingerprint density at radius 3 is 2.45 bits per heavy atom. The number of nitrogens with one attached hydrogen (secondary N) is 1. The highest BCUT2D eigenvalue weighted by Gasteiger charge is 2.51. The van der Waals surface area contributed by atoms with Crippen LogP contribution in [0.1, 0.15) is 17.3 Å². The molecule has 3 rings (SSSR count). The molecule has 0 spiro atoms. The van der Waals surface area contributed by atoms with Gasteiger partial charge in [-0.05, 0) is 42.3 Å². The first-order valence-electron chi connectivity index (χ1n) is 9.78. The summed E-state index contributed by atoms with van der Waals surface area (Å²) in [4.78, 5) is 11.7. The van der Waals surface area contributed by atoms with Crippen molar-refractivity contribution in [2.24, 2.45) is 0 Å². The van der Waals surface area contributed by atoms with Crippen molar-refractivity contribution < 1.29 is 34.7 Å². The number of aliphatic hydroxyl groups is 4. The molecule has 8 nitrogen and oxygen atoms in total. The number of aliphatic hydroxyl groups excluding tert-OH is 3. The molecule has 168 valence electrons. The van der Waals surface area contributed by atoms with E-state index >= 15 is 0 Å². The predicted molar refractivity (Wildman–Crippen MR) is 114 cm³/mol. The zero-order valence-electron chi connectivity index (χ0n) is 17.2. The Balaban J connectivity index is 1.77. The van der Waals surface area contributed by atoms with E-state index in [-0.39, 0.29) is 12.5 Å². The monoisotopic (exact) mass is 451 g/mol. The number of hydrogen-bond acceptors (Lipinski definition) is 7. The molecule has 2 aromatic carbocycles. The third-order valence-electron chi connectivity index (χ3n) is 5.50.